The number of anilines is 2. The third kappa shape index (κ3) is 6.09. The Morgan fingerprint density at radius 3 is 2.11 bits per heavy atom. The quantitative estimate of drug-likeness (QED) is 0.328. The Morgan fingerprint density at radius 2 is 1.47 bits per heavy atom. The summed E-state index contributed by atoms with van der Waals surface area (Å²) in [5, 5.41) is 2.71. The Kier molecular flexibility index (Phi) is 7.36. The predicted molar refractivity (Wildman–Crippen MR) is 141 cm³/mol. The van der Waals surface area contributed by atoms with Crippen molar-refractivity contribution in [2.75, 3.05) is 16.6 Å². The lowest BCUT2D eigenvalue weighted by molar-refractivity contribution is -0.118. The smallest absolute Gasteiger partial charge is 0.263 e. The van der Waals surface area contributed by atoms with Crippen molar-refractivity contribution >= 4 is 27.4 Å². The molecule has 0 atom stereocenters. The summed E-state index contributed by atoms with van der Waals surface area (Å²) in [5.41, 5.74) is 2.65. The molecule has 4 rings (SSSR count). The zero-order chi connectivity index (χ0) is 25.6. The highest BCUT2D eigenvalue weighted by Gasteiger charge is 2.22. The summed E-state index contributed by atoms with van der Waals surface area (Å²) >= 11 is 0. The van der Waals surface area contributed by atoms with E-state index in [1.165, 1.54) is 36.0 Å². The number of carbonyl (C=O) groups is 1. The molecule has 184 valence electrons. The first kappa shape index (κ1) is 24.9. The van der Waals surface area contributed by atoms with Crippen molar-refractivity contribution in [1.29, 1.82) is 0 Å². The number of amides is 1. The topological polar surface area (TPSA) is 97.4 Å². The summed E-state index contributed by atoms with van der Waals surface area (Å²) in [6.45, 7) is 4.15. The maximum Gasteiger partial charge on any atom is 0.263 e. The first-order chi connectivity index (χ1) is 17.2. The molecule has 0 radical (unpaired) electrons. The number of rotatable bonds is 9. The fourth-order valence-electron chi connectivity index (χ4n) is 3.67. The summed E-state index contributed by atoms with van der Waals surface area (Å²) in [7, 11) is -3.79. The number of hydrogen-bond acceptors (Lipinski definition) is 5. The van der Waals surface area contributed by atoms with E-state index in [-0.39, 0.29) is 28.6 Å². The van der Waals surface area contributed by atoms with E-state index in [0.29, 0.717) is 11.4 Å². The molecule has 4 aromatic rings. The third-order valence-electron chi connectivity index (χ3n) is 5.79. The van der Waals surface area contributed by atoms with Crippen LogP contribution in [-0.4, -0.2) is 25.9 Å². The average Bonchev–Trinajstić information content (AvgIpc) is 2.89. The van der Waals surface area contributed by atoms with E-state index in [1.807, 2.05) is 42.5 Å². The molecule has 0 saturated heterocycles. The molecule has 1 heterocycles. The summed E-state index contributed by atoms with van der Waals surface area (Å²) < 4.78 is 33.0. The van der Waals surface area contributed by atoms with E-state index >= 15 is 0 Å². The van der Waals surface area contributed by atoms with E-state index in [4.69, 9.17) is 4.74 Å². The molecule has 7 nitrogen and oxygen atoms in total. The molecule has 3 aromatic carbocycles. The van der Waals surface area contributed by atoms with E-state index in [1.54, 1.807) is 18.2 Å². The zero-order valence-corrected chi connectivity index (χ0v) is 20.8. The molecule has 1 aromatic heterocycles. The van der Waals surface area contributed by atoms with Crippen LogP contribution in [0.2, 0.25) is 0 Å². The Bertz CT molecular complexity index is 1410. The Hall–Kier alpha value is -4.17. The van der Waals surface area contributed by atoms with Crippen molar-refractivity contribution in [3.05, 3.63) is 114 Å². The van der Waals surface area contributed by atoms with Crippen LogP contribution in [-0.2, 0) is 20.2 Å². The molecule has 2 N–H and O–H groups in total. The van der Waals surface area contributed by atoms with Gasteiger partial charge < -0.3 is 10.1 Å². The number of ether oxygens (including phenoxy) is 1. The molecule has 0 aliphatic rings. The Balaban J connectivity index is 1.31. The summed E-state index contributed by atoms with van der Waals surface area (Å²) in [6.07, 6.45) is 1.50. The molecule has 0 bridgehead atoms. The number of benzene rings is 3. The lowest BCUT2D eigenvalue weighted by atomic mass is 9.78. The van der Waals surface area contributed by atoms with Crippen molar-refractivity contribution in [3.8, 4) is 5.75 Å². The van der Waals surface area contributed by atoms with Crippen molar-refractivity contribution in [1.82, 2.24) is 4.98 Å². The molecule has 1 amide bonds. The molecule has 36 heavy (non-hydrogen) atoms. The van der Waals surface area contributed by atoms with E-state index in [2.05, 4.69) is 41.0 Å². The Morgan fingerprint density at radius 1 is 0.833 bits per heavy atom. The predicted octanol–water partition coefficient (Wildman–Crippen LogP) is 5.23. The van der Waals surface area contributed by atoms with Gasteiger partial charge in [-0.25, -0.2) is 13.4 Å². The van der Waals surface area contributed by atoms with Gasteiger partial charge in [-0.1, -0.05) is 62.4 Å². The SMILES string of the molecule is CC(C)(c1ccccc1)c1ccc(OCC(=O)Nc2ccc(S(=O)(=O)Nc3ccccn3)cc2)cc1. The second-order valence-electron chi connectivity index (χ2n) is 8.70. The molecule has 0 aliphatic heterocycles. The van der Waals surface area contributed by atoms with Gasteiger partial charge in [-0.3, -0.25) is 9.52 Å². The summed E-state index contributed by atoms with van der Waals surface area (Å²) in [4.78, 5) is 16.4. The monoisotopic (exact) mass is 501 g/mol. The number of sulfonamides is 1. The standard InChI is InChI=1S/C28H27N3O4S/c1-28(2,21-8-4-3-5-9-21)22-11-15-24(16-12-22)35-20-27(32)30-23-13-17-25(18-14-23)36(33,34)31-26-10-6-7-19-29-26/h3-19H,20H2,1-2H3,(H,29,31)(H,30,32). The number of nitrogens with zero attached hydrogens (tertiary/aromatic N) is 1. The maximum atomic E-state index is 12.5. The lowest BCUT2D eigenvalue weighted by Gasteiger charge is -2.26. The van der Waals surface area contributed by atoms with Gasteiger partial charge in [0.05, 0.1) is 4.90 Å². The third-order valence-corrected chi connectivity index (χ3v) is 7.16. The van der Waals surface area contributed by atoms with Gasteiger partial charge in [0, 0.05) is 17.3 Å². The highest BCUT2D eigenvalue weighted by molar-refractivity contribution is 7.92. The van der Waals surface area contributed by atoms with Crippen LogP contribution in [0.25, 0.3) is 0 Å². The van der Waals surface area contributed by atoms with Gasteiger partial charge in [-0.15, -0.1) is 0 Å². The van der Waals surface area contributed by atoms with Gasteiger partial charge in [0.1, 0.15) is 11.6 Å². The average molecular weight is 502 g/mol. The van der Waals surface area contributed by atoms with Crippen LogP contribution in [0.4, 0.5) is 11.5 Å². The fourth-order valence-corrected chi connectivity index (χ4v) is 4.68. The molecule has 0 spiro atoms. The number of aromatic nitrogens is 1. The van der Waals surface area contributed by atoms with Crippen LogP contribution in [0, 0.1) is 0 Å². The van der Waals surface area contributed by atoms with Crippen molar-refractivity contribution in [2.45, 2.75) is 24.2 Å². The van der Waals surface area contributed by atoms with Crippen LogP contribution >= 0.6 is 0 Å². The molecular formula is C28H27N3O4S. The van der Waals surface area contributed by atoms with E-state index in [9.17, 15) is 13.2 Å². The summed E-state index contributed by atoms with van der Waals surface area (Å²) in [6, 6.07) is 28.8. The van der Waals surface area contributed by atoms with Gasteiger partial charge in [-0.2, -0.15) is 0 Å². The van der Waals surface area contributed by atoms with Crippen molar-refractivity contribution in [2.24, 2.45) is 0 Å². The van der Waals surface area contributed by atoms with Crippen LogP contribution in [0.5, 0.6) is 5.75 Å². The molecular weight excluding hydrogens is 474 g/mol. The van der Waals surface area contributed by atoms with Crippen molar-refractivity contribution < 1.29 is 17.9 Å². The largest absolute Gasteiger partial charge is 0.484 e. The number of nitrogens with one attached hydrogen (secondary N) is 2. The highest BCUT2D eigenvalue weighted by Crippen LogP contribution is 2.32. The minimum atomic E-state index is -3.79. The van der Waals surface area contributed by atoms with Gasteiger partial charge >= 0.3 is 0 Å². The highest BCUT2D eigenvalue weighted by atomic mass is 32.2. The Labute approximate surface area is 211 Å². The van der Waals surface area contributed by atoms with Crippen LogP contribution in [0.3, 0.4) is 0 Å². The lowest BCUT2D eigenvalue weighted by Crippen LogP contribution is -2.21. The molecule has 8 heteroatoms. The van der Waals surface area contributed by atoms with Crippen LogP contribution in [0.15, 0.2) is 108 Å². The van der Waals surface area contributed by atoms with E-state index in [0.717, 1.165) is 5.56 Å². The second kappa shape index (κ2) is 10.6. The second-order valence-corrected chi connectivity index (χ2v) is 10.4. The molecule has 0 fully saturated rings. The van der Waals surface area contributed by atoms with Crippen molar-refractivity contribution in [3.63, 3.8) is 0 Å². The number of pyridine rings is 1. The number of carbonyl (C=O) groups excluding carboxylic acids is 1. The van der Waals surface area contributed by atoms with Crippen LogP contribution < -0.4 is 14.8 Å². The minimum Gasteiger partial charge on any atom is -0.484 e. The first-order valence-corrected chi connectivity index (χ1v) is 12.8. The van der Waals surface area contributed by atoms with E-state index < -0.39 is 10.0 Å². The molecule has 0 saturated carbocycles. The van der Waals surface area contributed by atoms with Gasteiger partial charge in [-0.05, 0) is 59.7 Å². The van der Waals surface area contributed by atoms with Gasteiger partial charge in [0.25, 0.3) is 15.9 Å². The fraction of sp³-hybridized carbons (Fsp3) is 0.143. The minimum absolute atomic E-state index is 0.0564. The molecule has 0 unspecified atom stereocenters. The van der Waals surface area contributed by atoms with Crippen LogP contribution in [0.1, 0.15) is 25.0 Å². The first-order valence-electron chi connectivity index (χ1n) is 11.4. The van der Waals surface area contributed by atoms with Gasteiger partial charge in [0.2, 0.25) is 0 Å². The normalized spacial score (nSPS) is 11.5. The summed E-state index contributed by atoms with van der Waals surface area (Å²) in [5.74, 6) is 0.453. The molecule has 0 aliphatic carbocycles. The van der Waals surface area contributed by atoms with Gasteiger partial charge in [0.15, 0.2) is 6.61 Å². The number of hydrogen-bond donors (Lipinski definition) is 2. The zero-order valence-electron chi connectivity index (χ0n) is 20.0. The maximum absolute atomic E-state index is 12.5.